The van der Waals surface area contributed by atoms with Crippen LogP contribution in [0.3, 0.4) is 0 Å². The van der Waals surface area contributed by atoms with Crippen LogP contribution >= 0.6 is 0 Å². The minimum absolute atomic E-state index is 0.244. The standard InChI is InChI=1S/C15H17FO3/c16-13-9-12(3-1-6-17)10-15(11-13)19-8-5-14-4-2-7-18-14/h9-11,14,17H,2,4-8H2. The Morgan fingerprint density at radius 3 is 3.05 bits per heavy atom. The van der Waals surface area contributed by atoms with Crippen LogP contribution < -0.4 is 4.74 Å². The molecule has 2 rings (SSSR count). The van der Waals surface area contributed by atoms with Crippen molar-refractivity contribution in [3.8, 4) is 17.6 Å². The Bertz CT molecular complexity index is 470. The SMILES string of the molecule is OCC#Cc1cc(F)cc(OCCC2CCCO2)c1. The summed E-state index contributed by atoms with van der Waals surface area (Å²) < 4.78 is 24.4. The molecule has 1 aliphatic rings. The number of benzene rings is 1. The van der Waals surface area contributed by atoms with Gasteiger partial charge in [0.25, 0.3) is 0 Å². The van der Waals surface area contributed by atoms with Gasteiger partial charge in [-0.05, 0) is 25.0 Å². The molecule has 1 aromatic rings. The van der Waals surface area contributed by atoms with Crippen LogP contribution in [0, 0.1) is 17.7 Å². The van der Waals surface area contributed by atoms with Crippen molar-refractivity contribution in [3.63, 3.8) is 0 Å². The fraction of sp³-hybridized carbons (Fsp3) is 0.467. The van der Waals surface area contributed by atoms with Gasteiger partial charge in [0.2, 0.25) is 0 Å². The lowest BCUT2D eigenvalue weighted by Crippen LogP contribution is -2.10. The molecule has 1 N–H and O–H groups in total. The van der Waals surface area contributed by atoms with E-state index in [1.807, 2.05) is 0 Å². The summed E-state index contributed by atoms with van der Waals surface area (Å²) in [7, 11) is 0. The molecule has 0 spiro atoms. The van der Waals surface area contributed by atoms with Crippen molar-refractivity contribution in [2.45, 2.75) is 25.4 Å². The first-order valence-corrected chi connectivity index (χ1v) is 6.42. The van der Waals surface area contributed by atoms with E-state index in [4.69, 9.17) is 14.6 Å². The van der Waals surface area contributed by atoms with Crippen LogP contribution in [0.1, 0.15) is 24.8 Å². The van der Waals surface area contributed by atoms with Crippen LogP contribution in [0.15, 0.2) is 18.2 Å². The molecule has 4 heteroatoms. The lowest BCUT2D eigenvalue weighted by Gasteiger charge is -2.11. The van der Waals surface area contributed by atoms with Gasteiger partial charge in [-0.2, -0.15) is 0 Å². The fourth-order valence-electron chi connectivity index (χ4n) is 2.04. The summed E-state index contributed by atoms with van der Waals surface area (Å²) in [4.78, 5) is 0. The highest BCUT2D eigenvalue weighted by molar-refractivity contribution is 5.40. The molecule has 0 bridgehead atoms. The summed E-state index contributed by atoms with van der Waals surface area (Å²) >= 11 is 0. The first-order valence-electron chi connectivity index (χ1n) is 6.42. The molecule has 0 aliphatic carbocycles. The number of hydrogen-bond donors (Lipinski definition) is 1. The van der Waals surface area contributed by atoms with E-state index in [9.17, 15) is 4.39 Å². The third-order valence-electron chi connectivity index (χ3n) is 2.92. The van der Waals surface area contributed by atoms with Gasteiger partial charge in [0.15, 0.2) is 0 Å². The van der Waals surface area contributed by atoms with Crippen molar-refractivity contribution in [2.24, 2.45) is 0 Å². The van der Waals surface area contributed by atoms with Crippen molar-refractivity contribution >= 4 is 0 Å². The van der Waals surface area contributed by atoms with E-state index in [1.165, 1.54) is 12.1 Å². The quantitative estimate of drug-likeness (QED) is 0.847. The molecular weight excluding hydrogens is 247 g/mol. The van der Waals surface area contributed by atoms with Gasteiger partial charge in [-0.3, -0.25) is 0 Å². The molecule has 1 heterocycles. The predicted octanol–water partition coefficient (Wildman–Crippen LogP) is 2.12. The van der Waals surface area contributed by atoms with Crippen LogP contribution in [-0.2, 0) is 4.74 Å². The molecule has 1 atom stereocenters. The minimum Gasteiger partial charge on any atom is -0.493 e. The Labute approximate surface area is 112 Å². The van der Waals surface area contributed by atoms with Crippen LogP contribution in [-0.4, -0.2) is 31.0 Å². The molecule has 102 valence electrons. The average molecular weight is 264 g/mol. The number of aliphatic hydroxyl groups is 1. The van der Waals surface area contributed by atoms with E-state index < -0.39 is 5.82 Å². The van der Waals surface area contributed by atoms with E-state index in [1.54, 1.807) is 6.07 Å². The van der Waals surface area contributed by atoms with Crippen molar-refractivity contribution in [1.29, 1.82) is 0 Å². The van der Waals surface area contributed by atoms with Gasteiger partial charge in [0.05, 0.1) is 12.7 Å². The van der Waals surface area contributed by atoms with Crippen LogP contribution in [0.2, 0.25) is 0 Å². The van der Waals surface area contributed by atoms with Crippen molar-refractivity contribution in [3.05, 3.63) is 29.6 Å². The number of aliphatic hydroxyl groups excluding tert-OH is 1. The molecule has 1 aliphatic heterocycles. The lowest BCUT2D eigenvalue weighted by atomic mass is 10.2. The van der Waals surface area contributed by atoms with Gasteiger partial charge in [-0.1, -0.05) is 11.8 Å². The predicted molar refractivity (Wildman–Crippen MR) is 69.4 cm³/mol. The molecule has 0 amide bonds. The first-order chi connectivity index (χ1) is 9.28. The molecule has 1 unspecified atom stereocenters. The smallest absolute Gasteiger partial charge is 0.128 e. The van der Waals surface area contributed by atoms with E-state index in [0.29, 0.717) is 17.9 Å². The van der Waals surface area contributed by atoms with Gasteiger partial charge >= 0.3 is 0 Å². The monoisotopic (exact) mass is 264 g/mol. The summed E-state index contributed by atoms with van der Waals surface area (Å²) in [6.07, 6.45) is 3.25. The molecule has 1 fully saturated rings. The second-order valence-electron chi connectivity index (χ2n) is 4.41. The van der Waals surface area contributed by atoms with Gasteiger partial charge < -0.3 is 14.6 Å². The number of hydrogen-bond acceptors (Lipinski definition) is 3. The second-order valence-corrected chi connectivity index (χ2v) is 4.41. The molecular formula is C15H17FO3. The Hall–Kier alpha value is -1.57. The average Bonchev–Trinajstić information content (AvgIpc) is 2.89. The third-order valence-corrected chi connectivity index (χ3v) is 2.92. The topological polar surface area (TPSA) is 38.7 Å². The molecule has 3 nitrogen and oxygen atoms in total. The van der Waals surface area contributed by atoms with Crippen LogP contribution in [0.25, 0.3) is 0 Å². The molecule has 1 saturated heterocycles. The minimum atomic E-state index is -0.392. The van der Waals surface area contributed by atoms with Crippen LogP contribution in [0.4, 0.5) is 4.39 Å². The molecule has 19 heavy (non-hydrogen) atoms. The zero-order chi connectivity index (χ0) is 13.5. The maximum Gasteiger partial charge on any atom is 0.128 e. The van der Waals surface area contributed by atoms with Crippen molar-refractivity contribution in [1.82, 2.24) is 0 Å². The summed E-state index contributed by atoms with van der Waals surface area (Å²) in [5.41, 5.74) is 0.501. The largest absolute Gasteiger partial charge is 0.493 e. The zero-order valence-corrected chi connectivity index (χ0v) is 10.7. The molecule has 0 radical (unpaired) electrons. The highest BCUT2D eigenvalue weighted by Gasteiger charge is 2.15. The van der Waals surface area contributed by atoms with Gasteiger partial charge in [-0.25, -0.2) is 4.39 Å². The Kier molecular flexibility index (Phi) is 5.20. The Balaban J connectivity index is 1.89. The maximum absolute atomic E-state index is 13.3. The Morgan fingerprint density at radius 2 is 2.32 bits per heavy atom. The maximum atomic E-state index is 13.3. The summed E-state index contributed by atoms with van der Waals surface area (Å²) in [6, 6.07) is 4.32. The molecule has 0 saturated carbocycles. The number of rotatable bonds is 4. The fourth-order valence-corrected chi connectivity index (χ4v) is 2.04. The molecule has 1 aromatic carbocycles. The molecule has 0 aromatic heterocycles. The number of ether oxygens (including phenoxy) is 2. The van der Waals surface area contributed by atoms with Gasteiger partial charge in [0, 0.05) is 24.7 Å². The van der Waals surface area contributed by atoms with E-state index >= 15 is 0 Å². The summed E-state index contributed by atoms with van der Waals surface area (Å²) in [5, 5.41) is 8.62. The highest BCUT2D eigenvalue weighted by Crippen LogP contribution is 2.18. The number of halogens is 1. The zero-order valence-electron chi connectivity index (χ0n) is 10.7. The first kappa shape index (κ1) is 13.9. The summed E-state index contributed by atoms with van der Waals surface area (Å²) in [6.45, 7) is 1.08. The normalized spacial score (nSPS) is 17.9. The Morgan fingerprint density at radius 1 is 1.42 bits per heavy atom. The van der Waals surface area contributed by atoms with Gasteiger partial charge in [0.1, 0.15) is 18.2 Å². The van der Waals surface area contributed by atoms with E-state index in [0.717, 1.165) is 25.9 Å². The summed E-state index contributed by atoms with van der Waals surface area (Å²) in [5.74, 6) is 5.21. The van der Waals surface area contributed by atoms with E-state index in [-0.39, 0.29) is 12.7 Å². The van der Waals surface area contributed by atoms with E-state index in [2.05, 4.69) is 11.8 Å². The third kappa shape index (κ3) is 4.55. The second kappa shape index (κ2) is 7.13. The lowest BCUT2D eigenvalue weighted by molar-refractivity contribution is 0.0903. The van der Waals surface area contributed by atoms with Crippen LogP contribution in [0.5, 0.6) is 5.75 Å². The highest BCUT2D eigenvalue weighted by atomic mass is 19.1. The van der Waals surface area contributed by atoms with Crippen molar-refractivity contribution in [2.75, 3.05) is 19.8 Å². The van der Waals surface area contributed by atoms with Gasteiger partial charge in [-0.15, -0.1) is 0 Å². The van der Waals surface area contributed by atoms with Crippen molar-refractivity contribution < 1.29 is 19.0 Å².